The van der Waals surface area contributed by atoms with E-state index in [1.54, 1.807) is 0 Å². The summed E-state index contributed by atoms with van der Waals surface area (Å²) in [6.45, 7) is 0. The summed E-state index contributed by atoms with van der Waals surface area (Å²) in [6, 6.07) is 0. The lowest BCUT2D eigenvalue weighted by Crippen LogP contribution is -2.14. The quantitative estimate of drug-likeness (QED) is 0.521. The molecule has 80 valence electrons. The van der Waals surface area contributed by atoms with Gasteiger partial charge in [0.05, 0.1) is 12.4 Å². The molecule has 2 rings (SSSR count). The number of fused-ring (bicyclic) bond motifs is 1. The molecular weight excluding hydrogens is 200 g/mol. The Hall–Kier alpha value is -0.350. The van der Waals surface area contributed by atoms with E-state index in [-0.39, 0.29) is 6.10 Å². The lowest BCUT2D eigenvalue weighted by Gasteiger charge is -2.19. The summed E-state index contributed by atoms with van der Waals surface area (Å²) in [7, 11) is -3.27. The van der Waals surface area contributed by atoms with Gasteiger partial charge >= 0.3 is 0 Å². The molecule has 0 N–H and O–H groups in total. The Balaban J connectivity index is 1.95. The molecule has 14 heavy (non-hydrogen) atoms. The maximum Gasteiger partial charge on any atom is 0.264 e. The van der Waals surface area contributed by atoms with Gasteiger partial charge < -0.3 is 0 Å². The van der Waals surface area contributed by atoms with E-state index in [0.717, 1.165) is 31.9 Å². The van der Waals surface area contributed by atoms with Crippen LogP contribution in [0.3, 0.4) is 0 Å². The molecule has 2 atom stereocenters. The van der Waals surface area contributed by atoms with Crippen molar-refractivity contribution in [2.24, 2.45) is 11.8 Å². The molecule has 0 aromatic rings. The number of hydrogen-bond acceptors (Lipinski definition) is 3. The van der Waals surface area contributed by atoms with Gasteiger partial charge in [0.2, 0.25) is 0 Å². The molecule has 2 aliphatic rings. The fourth-order valence-electron chi connectivity index (χ4n) is 2.60. The van der Waals surface area contributed by atoms with Crippen LogP contribution in [0.2, 0.25) is 0 Å². The minimum absolute atomic E-state index is 0.0695. The lowest BCUT2D eigenvalue weighted by molar-refractivity contribution is 0.212. The van der Waals surface area contributed by atoms with E-state index >= 15 is 0 Å². The van der Waals surface area contributed by atoms with Crippen molar-refractivity contribution in [3.63, 3.8) is 0 Å². The van der Waals surface area contributed by atoms with Crippen LogP contribution in [0.1, 0.15) is 25.7 Å². The van der Waals surface area contributed by atoms with E-state index in [1.807, 2.05) is 0 Å². The monoisotopic (exact) mass is 216 g/mol. The Morgan fingerprint density at radius 1 is 1.14 bits per heavy atom. The summed E-state index contributed by atoms with van der Waals surface area (Å²) in [5, 5.41) is 0. The summed E-state index contributed by atoms with van der Waals surface area (Å²) in [4.78, 5) is 0. The highest BCUT2D eigenvalue weighted by Gasteiger charge is 2.36. The van der Waals surface area contributed by atoms with Crippen LogP contribution in [0.4, 0.5) is 0 Å². The minimum atomic E-state index is -3.27. The average molecular weight is 216 g/mol. The zero-order chi connectivity index (χ0) is 10.2. The van der Waals surface area contributed by atoms with Gasteiger partial charge in [0.1, 0.15) is 0 Å². The molecule has 0 aromatic heterocycles. The summed E-state index contributed by atoms with van der Waals surface area (Å²) in [6.07, 6.45) is 9.45. The molecule has 0 aliphatic heterocycles. The minimum Gasteiger partial charge on any atom is -0.267 e. The Bertz CT molecular complexity index is 315. The zero-order valence-electron chi connectivity index (χ0n) is 8.35. The van der Waals surface area contributed by atoms with E-state index in [4.69, 9.17) is 4.18 Å². The van der Waals surface area contributed by atoms with Crippen molar-refractivity contribution in [3.05, 3.63) is 12.2 Å². The van der Waals surface area contributed by atoms with Gasteiger partial charge in [-0.2, -0.15) is 8.42 Å². The smallest absolute Gasteiger partial charge is 0.264 e. The van der Waals surface area contributed by atoms with E-state index < -0.39 is 10.1 Å². The van der Waals surface area contributed by atoms with Gasteiger partial charge in [0.25, 0.3) is 10.1 Å². The number of allylic oxidation sites excluding steroid dienone is 2. The van der Waals surface area contributed by atoms with Crippen LogP contribution < -0.4 is 0 Å². The first-order valence-electron chi connectivity index (χ1n) is 5.08. The van der Waals surface area contributed by atoms with Crippen molar-refractivity contribution < 1.29 is 12.6 Å². The summed E-state index contributed by atoms with van der Waals surface area (Å²) in [5.74, 6) is 1.29. The van der Waals surface area contributed by atoms with Crippen LogP contribution in [-0.2, 0) is 14.3 Å². The van der Waals surface area contributed by atoms with Gasteiger partial charge in [-0.15, -0.1) is 0 Å². The summed E-state index contributed by atoms with van der Waals surface area (Å²) >= 11 is 0. The second-order valence-electron chi connectivity index (χ2n) is 4.36. The average Bonchev–Trinajstić information content (AvgIpc) is 2.42. The van der Waals surface area contributed by atoms with Crippen LogP contribution >= 0.6 is 0 Å². The second kappa shape index (κ2) is 3.66. The van der Waals surface area contributed by atoms with Crippen molar-refractivity contribution in [2.75, 3.05) is 6.26 Å². The van der Waals surface area contributed by atoms with Crippen molar-refractivity contribution >= 4 is 10.1 Å². The summed E-state index contributed by atoms with van der Waals surface area (Å²) in [5.41, 5.74) is 0. The molecule has 4 heteroatoms. The number of hydrogen-bond donors (Lipinski definition) is 0. The molecule has 2 unspecified atom stereocenters. The second-order valence-corrected chi connectivity index (χ2v) is 5.96. The highest BCUT2D eigenvalue weighted by molar-refractivity contribution is 7.86. The van der Waals surface area contributed by atoms with Crippen molar-refractivity contribution in [3.8, 4) is 0 Å². The van der Waals surface area contributed by atoms with Gasteiger partial charge in [-0.1, -0.05) is 12.2 Å². The van der Waals surface area contributed by atoms with Crippen LogP contribution in [0, 0.1) is 11.8 Å². The highest BCUT2D eigenvalue weighted by atomic mass is 32.2. The molecule has 3 nitrogen and oxygen atoms in total. The fourth-order valence-corrected chi connectivity index (χ4v) is 3.25. The fraction of sp³-hybridized carbons (Fsp3) is 0.800. The van der Waals surface area contributed by atoms with Gasteiger partial charge in [-0.3, -0.25) is 4.18 Å². The third-order valence-corrected chi connectivity index (χ3v) is 3.77. The third kappa shape index (κ3) is 2.36. The zero-order valence-corrected chi connectivity index (χ0v) is 9.16. The van der Waals surface area contributed by atoms with Gasteiger partial charge in [0, 0.05) is 0 Å². The van der Waals surface area contributed by atoms with E-state index in [1.165, 1.54) is 0 Å². The Labute approximate surface area is 85.3 Å². The Morgan fingerprint density at radius 2 is 1.64 bits per heavy atom. The first-order chi connectivity index (χ1) is 6.54. The molecule has 0 radical (unpaired) electrons. The van der Waals surface area contributed by atoms with E-state index in [2.05, 4.69) is 12.2 Å². The first kappa shape index (κ1) is 10.2. The largest absolute Gasteiger partial charge is 0.267 e. The van der Waals surface area contributed by atoms with Crippen LogP contribution in [-0.4, -0.2) is 20.8 Å². The maximum atomic E-state index is 11.0. The van der Waals surface area contributed by atoms with Gasteiger partial charge in [-0.25, -0.2) is 0 Å². The molecule has 0 saturated heterocycles. The lowest BCUT2D eigenvalue weighted by atomic mass is 9.86. The molecule has 1 saturated carbocycles. The summed E-state index contributed by atoms with van der Waals surface area (Å²) < 4.78 is 26.9. The van der Waals surface area contributed by atoms with Crippen molar-refractivity contribution in [2.45, 2.75) is 31.8 Å². The molecular formula is C10H16O3S. The molecule has 0 aromatic carbocycles. The standard InChI is InChI=1S/C10H16O3S/c1-14(11,12)13-10-6-8-4-2-3-5-9(8)7-10/h2-3,8-10H,4-7H2,1H3. The molecule has 0 heterocycles. The SMILES string of the molecule is CS(=O)(=O)OC1CC2CC=CCC2C1. The Kier molecular flexibility index (Phi) is 2.66. The third-order valence-electron chi connectivity index (χ3n) is 3.15. The van der Waals surface area contributed by atoms with Gasteiger partial charge in [-0.05, 0) is 37.5 Å². The molecule has 0 bridgehead atoms. The van der Waals surface area contributed by atoms with Gasteiger partial charge in [0.15, 0.2) is 0 Å². The normalized spacial score (nSPS) is 37.1. The molecule has 0 spiro atoms. The molecule has 0 amide bonds. The van der Waals surface area contributed by atoms with Crippen molar-refractivity contribution in [1.29, 1.82) is 0 Å². The molecule has 2 aliphatic carbocycles. The number of rotatable bonds is 2. The van der Waals surface area contributed by atoms with E-state index in [0.29, 0.717) is 11.8 Å². The van der Waals surface area contributed by atoms with Crippen LogP contribution in [0.5, 0.6) is 0 Å². The predicted molar refractivity (Wildman–Crippen MR) is 54.3 cm³/mol. The molecule has 1 fully saturated rings. The Morgan fingerprint density at radius 3 is 2.07 bits per heavy atom. The van der Waals surface area contributed by atoms with E-state index in [9.17, 15) is 8.42 Å². The maximum absolute atomic E-state index is 11.0. The highest BCUT2D eigenvalue weighted by Crippen LogP contribution is 2.41. The predicted octanol–water partition coefficient (Wildman–Crippen LogP) is 1.71. The van der Waals surface area contributed by atoms with Crippen molar-refractivity contribution in [1.82, 2.24) is 0 Å². The topological polar surface area (TPSA) is 43.4 Å². The van der Waals surface area contributed by atoms with Crippen LogP contribution in [0.25, 0.3) is 0 Å². The first-order valence-corrected chi connectivity index (χ1v) is 6.89. The van der Waals surface area contributed by atoms with Crippen LogP contribution in [0.15, 0.2) is 12.2 Å².